The van der Waals surface area contributed by atoms with Crippen molar-refractivity contribution in [1.82, 2.24) is 10.6 Å². The van der Waals surface area contributed by atoms with Crippen LogP contribution >= 0.6 is 28.1 Å². The van der Waals surface area contributed by atoms with Crippen molar-refractivity contribution in [3.05, 3.63) is 100 Å². The number of benzene rings is 3. The Labute approximate surface area is 189 Å². The van der Waals surface area contributed by atoms with Gasteiger partial charge >= 0.3 is 0 Å². The summed E-state index contributed by atoms with van der Waals surface area (Å²) in [7, 11) is 0. The summed E-state index contributed by atoms with van der Waals surface area (Å²) < 4.78 is 0.677. The van der Waals surface area contributed by atoms with E-state index in [1.54, 1.807) is 42.5 Å². The normalized spacial score (nSPS) is 11.3. The zero-order valence-electron chi connectivity index (χ0n) is 16.2. The van der Waals surface area contributed by atoms with Gasteiger partial charge in [-0.3, -0.25) is 14.9 Å². The highest BCUT2D eigenvalue weighted by atomic mass is 79.9. The lowest BCUT2D eigenvalue weighted by molar-refractivity contribution is 0.0938. The lowest BCUT2D eigenvalue weighted by Crippen LogP contribution is -2.34. The number of halogens is 1. The number of nitrogens with one attached hydrogen (secondary N) is 3. The maximum atomic E-state index is 12.6. The van der Waals surface area contributed by atoms with Gasteiger partial charge in [-0.2, -0.15) is 0 Å². The van der Waals surface area contributed by atoms with Crippen LogP contribution in [-0.2, 0) is 0 Å². The summed E-state index contributed by atoms with van der Waals surface area (Å²) in [5.74, 6) is -0.524. The van der Waals surface area contributed by atoms with Crippen LogP contribution in [0.1, 0.15) is 39.2 Å². The molecule has 3 aromatic rings. The van der Waals surface area contributed by atoms with Gasteiger partial charge in [0.15, 0.2) is 5.11 Å². The van der Waals surface area contributed by atoms with Gasteiger partial charge in [0.2, 0.25) is 0 Å². The standard InChI is InChI=1S/C23H20BrN3O2S/c1-15(16-8-3-2-4-9-16)25-21(28)17-10-7-11-18(14-17)26-23(30)27-22(29)19-12-5-6-13-20(19)24/h2-15H,1H3,(H,25,28)(H2,26,27,29,30). The number of amides is 2. The molecule has 3 N–H and O–H groups in total. The first-order valence-electron chi connectivity index (χ1n) is 9.27. The van der Waals surface area contributed by atoms with Gasteiger partial charge in [0, 0.05) is 15.7 Å². The fourth-order valence-electron chi connectivity index (χ4n) is 2.82. The molecule has 0 saturated heterocycles. The van der Waals surface area contributed by atoms with Crippen molar-refractivity contribution < 1.29 is 9.59 Å². The third-order valence-corrected chi connectivity index (χ3v) is 5.27. The molecule has 152 valence electrons. The van der Waals surface area contributed by atoms with Crippen molar-refractivity contribution in [2.24, 2.45) is 0 Å². The van der Waals surface area contributed by atoms with E-state index in [2.05, 4.69) is 31.9 Å². The Hall–Kier alpha value is -3.03. The number of hydrogen-bond donors (Lipinski definition) is 3. The van der Waals surface area contributed by atoms with Gasteiger partial charge in [-0.15, -0.1) is 0 Å². The third-order valence-electron chi connectivity index (χ3n) is 4.38. The van der Waals surface area contributed by atoms with E-state index < -0.39 is 0 Å². The Morgan fingerprint density at radius 1 is 0.900 bits per heavy atom. The van der Waals surface area contributed by atoms with Gasteiger partial charge in [0.05, 0.1) is 11.6 Å². The Balaban J connectivity index is 1.62. The van der Waals surface area contributed by atoms with Crippen LogP contribution in [0.2, 0.25) is 0 Å². The quantitative estimate of drug-likeness (QED) is 0.445. The molecule has 0 aliphatic carbocycles. The summed E-state index contributed by atoms with van der Waals surface area (Å²) in [6, 6.07) is 23.6. The monoisotopic (exact) mass is 481 g/mol. The van der Waals surface area contributed by atoms with E-state index in [1.807, 2.05) is 43.3 Å². The van der Waals surface area contributed by atoms with E-state index >= 15 is 0 Å². The summed E-state index contributed by atoms with van der Waals surface area (Å²) in [6.45, 7) is 1.93. The maximum Gasteiger partial charge on any atom is 0.258 e. The first-order chi connectivity index (χ1) is 14.4. The maximum absolute atomic E-state index is 12.6. The zero-order chi connectivity index (χ0) is 21.5. The second-order valence-electron chi connectivity index (χ2n) is 6.57. The molecule has 3 aromatic carbocycles. The van der Waals surface area contributed by atoms with Gasteiger partial charge in [-0.05, 0) is 71.0 Å². The summed E-state index contributed by atoms with van der Waals surface area (Å²) in [6.07, 6.45) is 0. The highest BCUT2D eigenvalue weighted by molar-refractivity contribution is 9.10. The van der Waals surface area contributed by atoms with E-state index in [0.29, 0.717) is 21.3 Å². The van der Waals surface area contributed by atoms with Crippen LogP contribution in [0.25, 0.3) is 0 Å². The number of anilines is 1. The number of thiocarbonyl (C=S) groups is 1. The topological polar surface area (TPSA) is 70.2 Å². The lowest BCUT2D eigenvalue weighted by Gasteiger charge is -2.15. The molecule has 7 heteroatoms. The number of carbonyl (C=O) groups excluding carboxylic acids is 2. The fourth-order valence-corrected chi connectivity index (χ4v) is 3.50. The lowest BCUT2D eigenvalue weighted by atomic mass is 10.1. The summed E-state index contributed by atoms with van der Waals surface area (Å²) >= 11 is 8.59. The molecule has 0 aromatic heterocycles. The summed E-state index contributed by atoms with van der Waals surface area (Å²) in [4.78, 5) is 25.0. The van der Waals surface area contributed by atoms with E-state index in [9.17, 15) is 9.59 Å². The van der Waals surface area contributed by atoms with E-state index in [4.69, 9.17) is 12.2 Å². The third kappa shape index (κ3) is 5.75. The Bertz CT molecular complexity index is 1070. The van der Waals surface area contributed by atoms with Crippen molar-refractivity contribution in [2.45, 2.75) is 13.0 Å². The molecule has 0 radical (unpaired) electrons. The molecule has 1 unspecified atom stereocenters. The molecule has 0 heterocycles. The summed E-state index contributed by atoms with van der Waals surface area (Å²) in [5.41, 5.74) is 2.59. The first-order valence-corrected chi connectivity index (χ1v) is 10.5. The zero-order valence-corrected chi connectivity index (χ0v) is 18.6. The van der Waals surface area contributed by atoms with Crippen LogP contribution in [0.15, 0.2) is 83.3 Å². The average Bonchev–Trinajstić information content (AvgIpc) is 2.74. The second kappa shape index (κ2) is 10.1. The minimum atomic E-state index is -0.328. The predicted octanol–water partition coefficient (Wildman–Crippen LogP) is 5.07. The SMILES string of the molecule is CC(NC(=O)c1cccc(NC(=S)NC(=O)c2ccccc2Br)c1)c1ccccc1. The largest absolute Gasteiger partial charge is 0.346 e. The Kier molecular flexibility index (Phi) is 7.32. The first kappa shape index (κ1) is 21.7. The van der Waals surface area contributed by atoms with Gasteiger partial charge in [0.1, 0.15) is 0 Å². The average molecular weight is 482 g/mol. The highest BCUT2D eigenvalue weighted by Gasteiger charge is 2.13. The molecule has 0 spiro atoms. The molecule has 0 aliphatic rings. The molecule has 30 heavy (non-hydrogen) atoms. The van der Waals surface area contributed by atoms with Crippen LogP contribution in [0.4, 0.5) is 5.69 Å². The minimum Gasteiger partial charge on any atom is -0.346 e. The molecule has 2 amide bonds. The smallest absolute Gasteiger partial charge is 0.258 e. The second-order valence-corrected chi connectivity index (χ2v) is 7.84. The molecule has 0 fully saturated rings. The Morgan fingerprint density at radius 2 is 1.60 bits per heavy atom. The van der Waals surface area contributed by atoms with Gasteiger partial charge in [0.25, 0.3) is 11.8 Å². The predicted molar refractivity (Wildman–Crippen MR) is 127 cm³/mol. The summed E-state index contributed by atoms with van der Waals surface area (Å²) in [5, 5.41) is 8.71. The number of rotatable bonds is 5. The van der Waals surface area contributed by atoms with Crippen LogP contribution < -0.4 is 16.0 Å². The number of hydrogen-bond acceptors (Lipinski definition) is 3. The van der Waals surface area contributed by atoms with Crippen LogP contribution in [0.5, 0.6) is 0 Å². The molecule has 5 nitrogen and oxygen atoms in total. The van der Waals surface area contributed by atoms with Gasteiger partial charge in [-0.1, -0.05) is 48.5 Å². The van der Waals surface area contributed by atoms with Crippen molar-refractivity contribution in [3.8, 4) is 0 Å². The molecule has 3 rings (SSSR count). The molecule has 0 saturated carbocycles. The fraction of sp³-hybridized carbons (Fsp3) is 0.0870. The van der Waals surface area contributed by atoms with Crippen molar-refractivity contribution >= 4 is 50.8 Å². The molecule has 1 atom stereocenters. The number of carbonyl (C=O) groups is 2. The van der Waals surface area contributed by atoms with Crippen LogP contribution in [-0.4, -0.2) is 16.9 Å². The Morgan fingerprint density at radius 3 is 2.33 bits per heavy atom. The molecular formula is C23H20BrN3O2S. The minimum absolute atomic E-state index is 0.125. The highest BCUT2D eigenvalue weighted by Crippen LogP contribution is 2.17. The van der Waals surface area contributed by atoms with Crippen LogP contribution in [0, 0.1) is 0 Å². The van der Waals surface area contributed by atoms with Crippen LogP contribution in [0.3, 0.4) is 0 Å². The van der Waals surface area contributed by atoms with E-state index in [0.717, 1.165) is 5.56 Å². The molecule has 0 bridgehead atoms. The van der Waals surface area contributed by atoms with E-state index in [1.165, 1.54) is 0 Å². The van der Waals surface area contributed by atoms with Gasteiger partial charge < -0.3 is 10.6 Å². The molecule has 0 aliphatic heterocycles. The molecular weight excluding hydrogens is 462 g/mol. The van der Waals surface area contributed by atoms with E-state index in [-0.39, 0.29) is 23.0 Å². The van der Waals surface area contributed by atoms with Gasteiger partial charge in [-0.25, -0.2) is 0 Å². The van der Waals surface area contributed by atoms with Crippen molar-refractivity contribution in [1.29, 1.82) is 0 Å². The van der Waals surface area contributed by atoms with Crippen molar-refractivity contribution in [2.75, 3.05) is 5.32 Å². The van der Waals surface area contributed by atoms with Crippen molar-refractivity contribution in [3.63, 3.8) is 0 Å².